The summed E-state index contributed by atoms with van der Waals surface area (Å²) in [7, 11) is -1.36. The van der Waals surface area contributed by atoms with Gasteiger partial charge < -0.3 is 10.4 Å². The van der Waals surface area contributed by atoms with E-state index in [2.05, 4.69) is 48.7 Å². The maximum absolute atomic E-state index is 10.8. The van der Waals surface area contributed by atoms with Crippen molar-refractivity contribution >= 4 is 54.5 Å². The molecule has 0 aromatic heterocycles. The van der Waals surface area contributed by atoms with E-state index >= 15 is 0 Å². The zero-order chi connectivity index (χ0) is 16.0. The Labute approximate surface area is 161 Å². The van der Waals surface area contributed by atoms with E-state index in [1.165, 1.54) is 11.2 Å². The molecular weight excluding hydrogens is 313 g/mol. The van der Waals surface area contributed by atoms with Gasteiger partial charge in [-0.15, -0.1) is 0 Å². The van der Waals surface area contributed by atoms with Crippen LogP contribution in [0.5, 0.6) is 0 Å². The molecule has 3 nitrogen and oxygen atoms in total. The second-order valence-electron chi connectivity index (χ2n) is 6.16. The third-order valence-corrected chi connectivity index (χ3v) is 7.49. The molecule has 0 spiro atoms. The van der Waals surface area contributed by atoms with Crippen LogP contribution in [0.3, 0.4) is 0 Å². The summed E-state index contributed by atoms with van der Waals surface area (Å²) in [5.74, 6) is -0.887. The summed E-state index contributed by atoms with van der Waals surface area (Å²) in [6, 6.07) is 18.9. The Morgan fingerprint density at radius 2 is 1.65 bits per heavy atom. The number of aromatic carboxylic acids is 1. The van der Waals surface area contributed by atoms with Crippen molar-refractivity contribution in [3.05, 3.63) is 60.2 Å². The molecule has 0 atom stereocenters. The van der Waals surface area contributed by atoms with Gasteiger partial charge in [-0.3, -0.25) is 0 Å². The molecule has 2 rings (SSSR count). The molecule has 0 radical (unpaired) electrons. The molecule has 0 saturated carbocycles. The molecular formula is C18H24NNaO2Si. The Bertz CT molecular complexity index is 615. The number of hydrogen-bond donors (Lipinski definition) is 2. The van der Waals surface area contributed by atoms with Crippen molar-refractivity contribution in [1.29, 1.82) is 0 Å². The van der Waals surface area contributed by atoms with Gasteiger partial charge >= 0.3 is 35.5 Å². The predicted octanol–water partition coefficient (Wildman–Crippen LogP) is 3.15. The van der Waals surface area contributed by atoms with E-state index in [0.717, 1.165) is 18.7 Å². The van der Waals surface area contributed by atoms with Crippen molar-refractivity contribution in [1.82, 2.24) is 0 Å². The van der Waals surface area contributed by atoms with Gasteiger partial charge in [-0.25, -0.2) is 4.79 Å². The van der Waals surface area contributed by atoms with Crippen molar-refractivity contribution in [3.8, 4) is 0 Å². The molecule has 0 aliphatic carbocycles. The normalized spacial score (nSPS) is 10.7. The van der Waals surface area contributed by atoms with Gasteiger partial charge in [0.05, 0.1) is 13.6 Å². The Balaban J connectivity index is 0.00000264. The van der Waals surface area contributed by atoms with E-state index in [1.807, 2.05) is 12.1 Å². The van der Waals surface area contributed by atoms with Gasteiger partial charge in [0.15, 0.2) is 0 Å². The fraction of sp³-hybridized carbons (Fsp3) is 0.278. The summed E-state index contributed by atoms with van der Waals surface area (Å²) in [6.07, 6.45) is 1.12. The van der Waals surface area contributed by atoms with Crippen LogP contribution in [-0.2, 0) is 0 Å². The topological polar surface area (TPSA) is 49.3 Å². The number of carboxylic acids is 1. The van der Waals surface area contributed by atoms with Gasteiger partial charge in [0.2, 0.25) is 0 Å². The van der Waals surface area contributed by atoms with Crippen molar-refractivity contribution in [2.24, 2.45) is 0 Å². The molecule has 0 heterocycles. The number of rotatable bonds is 7. The number of benzene rings is 2. The van der Waals surface area contributed by atoms with Gasteiger partial charge in [-0.05, 0) is 30.7 Å². The molecule has 0 bridgehead atoms. The van der Waals surface area contributed by atoms with Gasteiger partial charge in [0.1, 0.15) is 0 Å². The summed E-state index contributed by atoms with van der Waals surface area (Å²) in [4.78, 5) is 10.8. The first-order chi connectivity index (χ1) is 10.5. The van der Waals surface area contributed by atoms with E-state index < -0.39 is 14.0 Å². The second kappa shape index (κ2) is 9.28. The number of carbonyl (C=O) groups is 1. The van der Waals surface area contributed by atoms with Crippen LogP contribution in [0.2, 0.25) is 19.1 Å². The third kappa shape index (κ3) is 6.15. The molecule has 2 N–H and O–H groups in total. The molecule has 0 unspecified atom stereocenters. The van der Waals surface area contributed by atoms with E-state index in [9.17, 15) is 4.79 Å². The van der Waals surface area contributed by atoms with Crippen LogP contribution in [0.25, 0.3) is 0 Å². The maximum atomic E-state index is 10.8. The van der Waals surface area contributed by atoms with Gasteiger partial charge in [-0.2, -0.15) is 0 Å². The van der Waals surface area contributed by atoms with Gasteiger partial charge in [0.25, 0.3) is 0 Å². The summed E-state index contributed by atoms with van der Waals surface area (Å²) in [5.41, 5.74) is 1.30. The van der Waals surface area contributed by atoms with E-state index in [1.54, 1.807) is 12.1 Å². The molecule has 0 aliphatic heterocycles. The van der Waals surface area contributed by atoms with Crippen LogP contribution in [0, 0.1) is 0 Å². The second-order valence-corrected chi connectivity index (χ2v) is 11.0. The summed E-state index contributed by atoms with van der Waals surface area (Å²) in [5, 5.41) is 13.7. The molecule has 5 heteroatoms. The zero-order valence-corrected chi connectivity index (χ0v) is 14.2. The Hall–Kier alpha value is -1.07. The molecule has 23 heavy (non-hydrogen) atoms. The van der Waals surface area contributed by atoms with Crippen molar-refractivity contribution in [2.45, 2.75) is 25.6 Å². The van der Waals surface area contributed by atoms with E-state index in [4.69, 9.17) is 5.11 Å². The summed E-state index contributed by atoms with van der Waals surface area (Å²) < 4.78 is 0. The Morgan fingerprint density at radius 1 is 1.04 bits per heavy atom. The zero-order valence-electron chi connectivity index (χ0n) is 13.2. The molecule has 2 aromatic carbocycles. The molecule has 118 valence electrons. The SMILES string of the molecule is C[Si](C)(CCCNc1ccc(C(=O)O)cc1)c1ccccc1.[NaH]. The van der Waals surface area contributed by atoms with Crippen molar-refractivity contribution < 1.29 is 9.90 Å². The van der Waals surface area contributed by atoms with Crippen LogP contribution in [0.4, 0.5) is 5.69 Å². The average Bonchev–Trinajstić information content (AvgIpc) is 2.53. The predicted molar refractivity (Wildman–Crippen MR) is 102 cm³/mol. The fourth-order valence-corrected chi connectivity index (χ4v) is 4.97. The summed E-state index contributed by atoms with van der Waals surface area (Å²) >= 11 is 0. The van der Waals surface area contributed by atoms with Crippen molar-refractivity contribution in [2.75, 3.05) is 11.9 Å². The van der Waals surface area contributed by atoms with E-state index in [0.29, 0.717) is 5.56 Å². The third-order valence-electron chi connectivity index (χ3n) is 3.99. The van der Waals surface area contributed by atoms with Crippen LogP contribution < -0.4 is 10.5 Å². The van der Waals surface area contributed by atoms with Crippen LogP contribution in [-0.4, -0.2) is 55.3 Å². The number of carboxylic acid groups (broad SMARTS) is 1. The quantitative estimate of drug-likeness (QED) is 0.603. The summed E-state index contributed by atoms with van der Waals surface area (Å²) in [6.45, 7) is 5.73. The fourth-order valence-electron chi connectivity index (χ4n) is 2.53. The van der Waals surface area contributed by atoms with Crippen LogP contribution in [0.1, 0.15) is 16.8 Å². The molecule has 2 aromatic rings. The molecule has 0 fully saturated rings. The first kappa shape index (κ1) is 20.0. The number of nitrogens with one attached hydrogen (secondary N) is 1. The van der Waals surface area contributed by atoms with Gasteiger partial charge in [0, 0.05) is 12.2 Å². The minimum absolute atomic E-state index is 0. The van der Waals surface area contributed by atoms with Gasteiger partial charge in [-0.1, -0.05) is 54.7 Å². The molecule has 0 saturated heterocycles. The minimum atomic E-state index is -1.36. The average molecular weight is 337 g/mol. The number of anilines is 1. The van der Waals surface area contributed by atoms with Crippen LogP contribution >= 0.6 is 0 Å². The Morgan fingerprint density at radius 3 is 2.22 bits per heavy atom. The molecule has 0 aliphatic rings. The number of hydrogen-bond acceptors (Lipinski definition) is 2. The monoisotopic (exact) mass is 337 g/mol. The van der Waals surface area contributed by atoms with Crippen molar-refractivity contribution in [3.63, 3.8) is 0 Å². The van der Waals surface area contributed by atoms with Crippen LogP contribution in [0.15, 0.2) is 54.6 Å². The first-order valence-corrected chi connectivity index (χ1v) is 10.8. The standard InChI is InChI=1S/C18H23NO2Si.Na.H/c1-22(2,17-7-4-3-5-8-17)14-6-13-19-16-11-9-15(10-12-16)18(20)21;;/h3-5,7-12,19H,6,13-14H2,1-2H3,(H,20,21);;. The Kier molecular flexibility index (Phi) is 8.06. The molecule has 0 amide bonds. The first-order valence-electron chi connectivity index (χ1n) is 7.62. The van der Waals surface area contributed by atoms with E-state index in [-0.39, 0.29) is 29.6 Å².